The van der Waals surface area contributed by atoms with Gasteiger partial charge in [0.1, 0.15) is 5.75 Å². The summed E-state index contributed by atoms with van der Waals surface area (Å²) in [4.78, 5) is 12.9. The van der Waals surface area contributed by atoms with Crippen LogP contribution in [0.3, 0.4) is 0 Å². The predicted molar refractivity (Wildman–Crippen MR) is 104 cm³/mol. The summed E-state index contributed by atoms with van der Waals surface area (Å²) in [6.07, 6.45) is 0. The number of sulfonamides is 1. The maximum absolute atomic E-state index is 12.7. The highest BCUT2D eigenvalue weighted by molar-refractivity contribution is 7.99. The number of thioether (sulfide) groups is 1. The molecule has 0 saturated heterocycles. The largest absolute Gasteiger partial charge is 0.495 e. The Labute approximate surface area is 161 Å². The predicted octanol–water partition coefficient (Wildman–Crippen LogP) is 3.83. The van der Waals surface area contributed by atoms with Crippen molar-refractivity contribution in [2.75, 3.05) is 22.9 Å². The van der Waals surface area contributed by atoms with E-state index in [0.29, 0.717) is 27.9 Å². The molecular formula is C17H17ClN2O4S2. The lowest BCUT2D eigenvalue weighted by Crippen LogP contribution is -2.20. The molecule has 2 aromatic rings. The number of carbonyl (C=O) groups excluding carboxylic acids is 1. The number of rotatable bonds is 4. The number of halogens is 1. The first-order valence-corrected chi connectivity index (χ1v) is 10.6. The lowest BCUT2D eigenvalue weighted by Gasteiger charge is -2.12. The van der Waals surface area contributed by atoms with Gasteiger partial charge in [-0.2, -0.15) is 0 Å². The molecule has 6 nitrogen and oxygen atoms in total. The highest BCUT2D eigenvalue weighted by Crippen LogP contribution is 2.35. The van der Waals surface area contributed by atoms with Crippen LogP contribution in [0.4, 0.5) is 11.4 Å². The average Bonchev–Trinajstić information content (AvgIpc) is 2.73. The topological polar surface area (TPSA) is 84.5 Å². The molecule has 0 aliphatic carbocycles. The van der Waals surface area contributed by atoms with Crippen molar-refractivity contribution in [3.05, 3.63) is 41.4 Å². The van der Waals surface area contributed by atoms with Crippen molar-refractivity contribution in [1.82, 2.24) is 0 Å². The molecule has 1 amide bonds. The quantitative estimate of drug-likeness (QED) is 0.797. The van der Waals surface area contributed by atoms with Crippen LogP contribution in [0.1, 0.15) is 6.92 Å². The van der Waals surface area contributed by atoms with Crippen LogP contribution >= 0.6 is 23.4 Å². The number of carbonyl (C=O) groups is 1. The standard InChI is InChI=1S/C17H17ClN2O4S2/c1-10-9-25-16-6-4-12(8-14(16)19-17(10)21)26(22,23)20-11-3-5-15(24-2)13(18)7-11/h3-8,10,20H,9H2,1-2H3,(H,19,21)/t10-/m1/s1. The molecule has 0 aromatic heterocycles. The Bertz CT molecular complexity index is 963. The van der Waals surface area contributed by atoms with Gasteiger partial charge in [-0.05, 0) is 36.4 Å². The first kappa shape index (κ1) is 18.9. The van der Waals surface area contributed by atoms with Gasteiger partial charge in [0.15, 0.2) is 0 Å². The molecule has 9 heteroatoms. The first-order valence-electron chi connectivity index (χ1n) is 7.74. The minimum Gasteiger partial charge on any atom is -0.495 e. The Balaban J connectivity index is 1.89. The van der Waals surface area contributed by atoms with Gasteiger partial charge >= 0.3 is 0 Å². The fourth-order valence-electron chi connectivity index (χ4n) is 2.39. The molecule has 0 fully saturated rings. The van der Waals surface area contributed by atoms with Crippen LogP contribution in [0, 0.1) is 5.92 Å². The van der Waals surface area contributed by atoms with E-state index < -0.39 is 10.0 Å². The second-order valence-electron chi connectivity index (χ2n) is 5.81. The van der Waals surface area contributed by atoms with E-state index >= 15 is 0 Å². The van der Waals surface area contributed by atoms with Gasteiger partial charge in [0.25, 0.3) is 10.0 Å². The molecule has 1 heterocycles. The Kier molecular flexibility index (Phi) is 5.36. The lowest BCUT2D eigenvalue weighted by molar-refractivity contribution is -0.118. The molecule has 1 aliphatic rings. The summed E-state index contributed by atoms with van der Waals surface area (Å²) in [6.45, 7) is 1.83. The summed E-state index contributed by atoms with van der Waals surface area (Å²) < 4.78 is 32.9. The zero-order chi connectivity index (χ0) is 18.9. The van der Waals surface area contributed by atoms with Gasteiger partial charge < -0.3 is 10.1 Å². The van der Waals surface area contributed by atoms with Gasteiger partial charge in [-0.1, -0.05) is 18.5 Å². The van der Waals surface area contributed by atoms with E-state index in [0.717, 1.165) is 4.90 Å². The van der Waals surface area contributed by atoms with Gasteiger partial charge in [0.2, 0.25) is 5.91 Å². The molecule has 26 heavy (non-hydrogen) atoms. The highest BCUT2D eigenvalue weighted by atomic mass is 35.5. The lowest BCUT2D eigenvalue weighted by atomic mass is 10.2. The molecule has 0 radical (unpaired) electrons. The van der Waals surface area contributed by atoms with Crippen molar-refractivity contribution in [3.63, 3.8) is 0 Å². The number of benzene rings is 2. The van der Waals surface area contributed by atoms with Crippen molar-refractivity contribution < 1.29 is 17.9 Å². The van der Waals surface area contributed by atoms with Crippen LogP contribution in [0.25, 0.3) is 0 Å². The molecule has 2 aromatic carbocycles. The third-order valence-electron chi connectivity index (χ3n) is 3.86. The maximum Gasteiger partial charge on any atom is 0.261 e. The number of methoxy groups -OCH3 is 1. The molecule has 2 N–H and O–H groups in total. The molecule has 3 rings (SSSR count). The monoisotopic (exact) mass is 412 g/mol. The number of nitrogens with one attached hydrogen (secondary N) is 2. The van der Waals surface area contributed by atoms with Gasteiger partial charge in [-0.15, -0.1) is 11.8 Å². The zero-order valence-electron chi connectivity index (χ0n) is 14.1. The minimum absolute atomic E-state index is 0.0543. The van der Waals surface area contributed by atoms with Crippen LogP contribution in [0.5, 0.6) is 5.75 Å². The van der Waals surface area contributed by atoms with Crippen LogP contribution in [-0.2, 0) is 14.8 Å². The van der Waals surface area contributed by atoms with Gasteiger partial charge in [0, 0.05) is 16.6 Å². The molecule has 0 unspecified atom stereocenters. The molecule has 138 valence electrons. The fraction of sp³-hybridized carbons (Fsp3) is 0.235. The van der Waals surface area contributed by atoms with Crippen molar-refractivity contribution in [3.8, 4) is 5.75 Å². The Morgan fingerprint density at radius 2 is 2.04 bits per heavy atom. The summed E-state index contributed by atoms with van der Waals surface area (Å²) in [7, 11) is -2.36. The third-order valence-corrected chi connectivity index (χ3v) is 6.87. The van der Waals surface area contributed by atoms with Gasteiger partial charge in [-0.3, -0.25) is 9.52 Å². The van der Waals surface area contributed by atoms with Crippen LogP contribution in [-0.4, -0.2) is 27.2 Å². The fourth-order valence-corrected chi connectivity index (χ4v) is 4.73. The molecule has 0 saturated carbocycles. The number of hydrogen-bond donors (Lipinski definition) is 2. The summed E-state index contributed by atoms with van der Waals surface area (Å²) >= 11 is 7.56. The van der Waals surface area contributed by atoms with E-state index in [4.69, 9.17) is 16.3 Å². The second-order valence-corrected chi connectivity index (χ2v) is 8.97. The Morgan fingerprint density at radius 1 is 1.27 bits per heavy atom. The second kappa shape index (κ2) is 7.38. The number of amides is 1. The molecule has 1 aliphatic heterocycles. The number of fused-ring (bicyclic) bond motifs is 1. The highest BCUT2D eigenvalue weighted by Gasteiger charge is 2.23. The van der Waals surface area contributed by atoms with E-state index in [2.05, 4.69) is 10.0 Å². The normalized spacial score (nSPS) is 17.0. The average molecular weight is 413 g/mol. The zero-order valence-corrected chi connectivity index (χ0v) is 16.5. The molecule has 0 bridgehead atoms. The van der Waals surface area contributed by atoms with Gasteiger partial charge in [0.05, 0.1) is 28.4 Å². The number of hydrogen-bond acceptors (Lipinski definition) is 5. The summed E-state index contributed by atoms with van der Waals surface area (Å²) in [6, 6.07) is 9.29. The van der Waals surface area contributed by atoms with E-state index in [1.165, 1.54) is 37.1 Å². The van der Waals surface area contributed by atoms with Gasteiger partial charge in [-0.25, -0.2) is 8.42 Å². The van der Waals surface area contributed by atoms with E-state index in [-0.39, 0.29) is 16.7 Å². The summed E-state index contributed by atoms with van der Waals surface area (Å²) in [5.74, 6) is 0.828. The van der Waals surface area contributed by atoms with E-state index in [9.17, 15) is 13.2 Å². The van der Waals surface area contributed by atoms with Crippen LogP contribution in [0.2, 0.25) is 5.02 Å². The maximum atomic E-state index is 12.7. The van der Waals surface area contributed by atoms with Crippen molar-refractivity contribution in [1.29, 1.82) is 0 Å². The van der Waals surface area contributed by atoms with Crippen molar-refractivity contribution in [2.24, 2.45) is 5.92 Å². The smallest absolute Gasteiger partial charge is 0.261 e. The van der Waals surface area contributed by atoms with Crippen LogP contribution in [0.15, 0.2) is 46.2 Å². The third kappa shape index (κ3) is 3.92. The Morgan fingerprint density at radius 3 is 2.73 bits per heavy atom. The number of anilines is 2. The molecule has 0 spiro atoms. The summed E-state index contributed by atoms with van der Waals surface area (Å²) in [5, 5.41) is 3.08. The SMILES string of the molecule is COc1ccc(NS(=O)(=O)c2ccc3c(c2)NC(=O)[C@H](C)CS3)cc1Cl. The minimum atomic E-state index is -3.84. The van der Waals surface area contributed by atoms with Crippen molar-refractivity contribution >= 4 is 50.7 Å². The number of ether oxygens (including phenoxy) is 1. The first-order chi connectivity index (χ1) is 12.3. The van der Waals surface area contributed by atoms with Crippen LogP contribution < -0.4 is 14.8 Å². The van der Waals surface area contributed by atoms with E-state index in [1.807, 2.05) is 6.92 Å². The Hall–Kier alpha value is -1.90. The van der Waals surface area contributed by atoms with E-state index in [1.54, 1.807) is 18.2 Å². The molecule has 1 atom stereocenters. The molecular weight excluding hydrogens is 396 g/mol. The van der Waals surface area contributed by atoms with Crippen molar-refractivity contribution in [2.45, 2.75) is 16.7 Å². The summed E-state index contributed by atoms with van der Waals surface area (Å²) in [5.41, 5.74) is 0.817.